The van der Waals surface area contributed by atoms with E-state index in [1.54, 1.807) is 12.1 Å². The second kappa shape index (κ2) is 6.40. The van der Waals surface area contributed by atoms with Crippen molar-refractivity contribution in [2.75, 3.05) is 20.1 Å². The molecule has 4 nitrogen and oxygen atoms in total. The number of nitrogens with one attached hydrogen (secondary N) is 1. The average Bonchev–Trinajstić information content (AvgIpc) is 2.18. The van der Waals surface area contributed by atoms with Crippen molar-refractivity contribution in [3.05, 3.63) is 29.0 Å². The number of rotatable bonds is 4. The Morgan fingerprint density at radius 3 is 2.93 bits per heavy atom. The summed E-state index contributed by atoms with van der Waals surface area (Å²) in [5.41, 5.74) is 0.403. The van der Waals surface area contributed by atoms with Gasteiger partial charge in [0.2, 0.25) is 0 Å². The van der Waals surface area contributed by atoms with Crippen molar-refractivity contribution < 1.29 is 31.2 Å². The Morgan fingerprint density at radius 1 is 1.67 bits per heavy atom. The van der Waals surface area contributed by atoms with E-state index in [4.69, 9.17) is 11.6 Å². The van der Waals surface area contributed by atoms with Gasteiger partial charge in [-0.2, -0.15) is 0 Å². The molecule has 0 bridgehead atoms. The number of carbonyl (C=O) groups is 1. The number of aromatic nitrogens is 1. The van der Waals surface area contributed by atoms with Gasteiger partial charge < -0.3 is 0 Å². The van der Waals surface area contributed by atoms with Crippen molar-refractivity contribution in [2.45, 2.75) is 0 Å². The normalized spacial score (nSPS) is 10.5. The van der Waals surface area contributed by atoms with Gasteiger partial charge in [0.05, 0.1) is 0 Å². The second-order valence-electron chi connectivity index (χ2n) is 3.20. The van der Waals surface area contributed by atoms with Gasteiger partial charge in [-0.25, -0.2) is 0 Å². The number of amides is 1. The van der Waals surface area contributed by atoms with E-state index in [-0.39, 0.29) is 5.91 Å². The van der Waals surface area contributed by atoms with Crippen LogP contribution in [0.15, 0.2) is 18.3 Å². The molecule has 0 aliphatic carbocycles. The van der Waals surface area contributed by atoms with Crippen molar-refractivity contribution >= 4 is 17.5 Å². The first kappa shape index (κ1) is 12.9. The summed E-state index contributed by atoms with van der Waals surface area (Å²) in [6, 6.07) is 3.27. The van der Waals surface area contributed by atoms with Crippen LogP contribution >= 0.6 is 11.6 Å². The molecule has 1 amide bonds. The van der Waals surface area contributed by atoms with E-state index in [9.17, 15) is 4.79 Å². The predicted molar refractivity (Wildman–Crippen MR) is 54.2 cm³/mol. The molecule has 77 valence electrons. The van der Waals surface area contributed by atoms with Crippen molar-refractivity contribution in [1.82, 2.24) is 13.0 Å². The molecule has 0 fully saturated rings. The van der Waals surface area contributed by atoms with Crippen LogP contribution in [0.2, 0.25) is 5.02 Å². The topological polar surface area (TPSA) is 45.2 Å². The van der Waals surface area contributed by atoms with Crippen molar-refractivity contribution in [2.24, 2.45) is 0 Å². The summed E-state index contributed by atoms with van der Waals surface area (Å²) in [5, 5.41) is 3.33. The Morgan fingerprint density at radius 2 is 2.40 bits per heavy atom. The molecular formula is C9H11ClHgN3O. The Kier molecular flexibility index (Phi) is 5.49. The van der Waals surface area contributed by atoms with Crippen LogP contribution in [0.5, 0.6) is 0 Å². The fourth-order valence-electron chi connectivity index (χ4n) is 0.961. The third-order valence-corrected chi connectivity index (χ3v) is 3.19. The first-order valence-electron chi connectivity index (χ1n) is 4.51. The Balaban J connectivity index is 2.43. The monoisotopic (exact) mass is 414 g/mol. The fraction of sp³-hybridized carbons (Fsp3) is 0.333. The zero-order valence-corrected chi connectivity index (χ0v) is 14.8. The third-order valence-electron chi connectivity index (χ3n) is 1.74. The quantitative estimate of drug-likeness (QED) is 0.746. The van der Waals surface area contributed by atoms with Crippen molar-refractivity contribution in [3.8, 4) is 0 Å². The number of halogens is 1. The van der Waals surface area contributed by atoms with E-state index in [0.717, 1.165) is 6.54 Å². The third kappa shape index (κ3) is 4.90. The fourth-order valence-corrected chi connectivity index (χ4v) is 1.69. The molecule has 1 rings (SSSR count). The number of carbonyl (C=O) groups excluding carboxylic acids is 1. The predicted octanol–water partition coefficient (Wildman–Crippen LogP) is 0.858. The van der Waals surface area contributed by atoms with Gasteiger partial charge >= 0.3 is 111 Å². The molecule has 0 radical (unpaired) electrons. The summed E-state index contributed by atoms with van der Waals surface area (Å²) in [5.74, 6) is -0.151. The van der Waals surface area contributed by atoms with Crippen LogP contribution < -0.4 is 5.32 Å². The molecule has 15 heavy (non-hydrogen) atoms. The van der Waals surface area contributed by atoms with Gasteiger partial charge in [-0.1, -0.05) is 0 Å². The van der Waals surface area contributed by atoms with Gasteiger partial charge in [0, 0.05) is 0 Å². The maximum absolute atomic E-state index is 11.5. The molecule has 0 spiro atoms. The van der Waals surface area contributed by atoms with Crippen molar-refractivity contribution in [1.29, 1.82) is 0 Å². The summed E-state index contributed by atoms with van der Waals surface area (Å²) in [4.78, 5) is 15.4. The van der Waals surface area contributed by atoms with Crippen LogP contribution in [0, 0.1) is 0 Å². The SMILES string of the molecule is C[N]([Hg])CCNC(=O)c1ccc(Cl)cn1. The van der Waals surface area contributed by atoms with Crippen molar-refractivity contribution in [3.63, 3.8) is 0 Å². The summed E-state index contributed by atoms with van der Waals surface area (Å²) >= 11 is 6.28. The number of hydrogen-bond acceptors (Lipinski definition) is 3. The van der Waals surface area contributed by atoms with Gasteiger partial charge in [0.1, 0.15) is 0 Å². The van der Waals surface area contributed by atoms with Gasteiger partial charge in [-0.05, 0) is 0 Å². The van der Waals surface area contributed by atoms with Crippen LogP contribution in [-0.4, -0.2) is 33.7 Å². The molecule has 0 saturated heterocycles. The Labute approximate surface area is 110 Å². The molecule has 1 heterocycles. The summed E-state index contributed by atoms with van der Waals surface area (Å²) in [6.45, 7) is 1.55. The first-order chi connectivity index (χ1) is 7.09. The molecule has 0 atom stereocenters. The van der Waals surface area contributed by atoms with Gasteiger partial charge in [-0.3, -0.25) is 0 Å². The summed E-state index contributed by atoms with van der Waals surface area (Å²) < 4.78 is 2.19. The molecule has 0 aromatic carbocycles. The molecule has 0 aliphatic heterocycles. The molecule has 1 aromatic heterocycles. The van der Waals surface area contributed by atoms with E-state index in [1.165, 1.54) is 6.20 Å². The standard InChI is InChI=1S/C9H11ClN3O.Hg/c1-11-4-5-12-9(14)8-3-2-7(10)6-13-8;/h2-3,6H,4-5H2,1H3,(H,12,14);/q-1;+1. The zero-order valence-electron chi connectivity index (χ0n) is 8.53. The van der Waals surface area contributed by atoms with Crippen LogP contribution in [0.4, 0.5) is 0 Å². The minimum atomic E-state index is -0.151. The van der Waals surface area contributed by atoms with Crippen LogP contribution in [0.3, 0.4) is 0 Å². The van der Waals surface area contributed by atoms with E-state index < -0.39 is 0 Å². The Hall–Kier alpha value is -0.195. The molecule has 0 saturated carbocycles. The van der Waals surface area contributed by atoms with Gasteiger partial charge in [-0.15, -0.1) is 0 Å². The number of nitrogens with zero attached hydrogens (tertiary/aromatic N) is 2. The van der Waals surface area contributed by atoms with Crippen LogP contribution in [0.1, 0.15) is 10.5 Å². The van der Waals surface area contributed by atoms with Gasteiger partial charge in [0.25, 0.3) is 0 Å². The number of pyridine rings is 1. The van der Waals surface area contributed by atoms with Crippen LogP contribution in [-0.2, 0) is 26.4 Å². The zero-order chi connectivity index (χ0) is 11.3. The van der Waals surface area contributed by atoms with Gasteiger partial charge in [0.15, 0.2) is 0 Å². The first-order valence-corrected chi connectivity index (χ1v) is 7.34. The second-order valence-corrected chi connectivity index (χ2v) is 7.83. The molecule has 1 N–H and O–H groups in total. The molecule has 0 aliphatic rings. The van der Waals surface area contributed by atoms with Crippen LogP contribution in [0.25, 0.3) is 0 Å². The number of hydrogen-bond donors (Lipinski definition) is 1. The molecule has 6 heteroatoms. The average molecular weight is 413 g/mol. The molecular weight excluding hydrogens is 402 g/mol. The molecule has 0 unspecified atom stereocenters. The van der Waals surface area contributed by atoms with E-state index in [2.05, 4.69) is 13.0 Å². The van der Waals surface area contributed by atoms with E-state index >= 15 is 0 Å². The maximum atomic E-state index is 11.5. The summed E-state index contributed by atoms with van der Waals surface area (Å²) in [6.07, 6.45) is 1.47. The van der Waals surface area contributed by atoms with E-state index in [0.29, 0.717) is 43.7 Å². The summed E-state index contributed by atoms with van der Waals surface area (Å²) in [7, 11) is 2.04. The van der Waals surface area contributed by atoms with E-state index in [1.807, 2.05) is 7.05 Å². The number of likely N-dealkylation sites (N-methyl/N-ethyl adjacent to an activating group) is 1. The minimum absolute atomic E-state index is 0.151. The Bertz CT molecular complexity index is 329. The molecule has 1 aromatic rings.